The van der Waals surface area contributed by atoms with Crippen LogP contribution < -0.4 is 5.73 Å². The average molecular weight is 263 g/mol. The van der Waals surface area contributed by atoms with Crippen LogP contribution in [0.3, 0.4) is 0 Å². The third kappa shape index (κ3) is 2.90. The van der Waals surface area contributed by atoms with Gasteiger partial charge in [-0.15, -0.1) is 0 Å². The van der Waals surface area contributed by atoms with E-state index >= 15 is 0 Å². The van der Waals surface area contributed by atoms with Gasteiger partial charge in [0.1, 0.15) is 17.3 Å². The van der Waals surface area contributed by atoms with Crippen molar-refractivity contribution in [1.82, 2.24) is 10.1 Å². The van der Waals surface area contributed by atoms with Gasteiger partial charge in [-0.1, -0.05) is 5.16 Å². The van der Waals surface area contributed by atoms with Gasteiger partial charge >= 0.3 is 0 Å². The molecule has 1 aromatic heterocycles. The Bertz CT molecular complexity index is 610. The number of rotatable bonds is 3. The van der Waals surface area contributed by atoms with Gasteiger partial charge in [-0.2, -0.15) is 0 Å². The van der Waals surface area contributed by atoms with Crippen molar-refractivity contribution in [2.75, 3.05) is 12.8 Å². The topological polar surface area (TPSA) is 72.4 Å². The Labute approximate surface area is 109 Å². The molecule has 100 valence electrons. The largest absolute Gasteiger partial charge is 0.396 e. The number of carbonyl (C=O) groups excluding carboxylic acids is 1. The Balaban J connectivity index is 2.12. The zero-order valence-electron chi connectivity index (χ0n) is 10.7. The number of hydrogen-bond donors (Lipinski definition) is 1. The van der Waals surface area contributed by atoms with Crippen molar-refractivity contribution in [2.24, 2.45) is 0 Å². The van der Waals surface area contributed by atoms with Crippen LogP contribution in [0.1, 0.15) is 21.8 Å². The molecular formula is C13H14FN3O2. The molecule has 0 spiro atoms. The number of nitrogens with zero attached hydrogens (tertiary/aromatic N) is 2. The number of nitrogen functional groups attached to an aromatic ring is 1. The van der Waals surface area contributed by atoms with Gasteiger partial charge in [0.2, 0.25) is 0 Å². The number of anilines is 1. The fraction of sp³-hybridized carbons (Fsp3) is 0.231. The van der Waals surface area contributed by atoms with Crippen molar-refractivity contribution in [3.05, 3.63) is 47.1 Å². The second kappa shape index (κ2) is 5.09. The van der Waals surface area contributed by atoms with Gasteiger partial charge in [0.25, 0.3) is 5.91 Å². The molecule has 6 heteroatoms. The number of benzene rings is 1. The molecule has 0 atom stereocenters. The van der Waals surface area contributed by atoms with E-state index in [4.69, 9.17) is 10.3 Å². The van der Waals surface area contributed by atoms with Gasteiger partial charge in [0.05, 0.1) is 12.2 Å². The quantitative estimate of drug-likeness (QED) is 0.859. The van der Waals surface area contributed by atoms with Crippen LogP contribution in [0.5, 0.6) is 0 Å². The van der Waals surface area contributed by atoms with Crippen LogP contribution in [0.2, 0.25) is 0 Å². The summed E-state index contributed by atoms with van der Waals surface area (Å²) < 4.78 is 18.2. The molecule has 1 heterocycles. The summed E-state index contributed by atoms with van der Waals surface area (Å²) in [6, 6.07) is 5.73. The zero-order chi connectivity index (χ0) is 14.0. The molecule has 0 aliphatic carbocycles. The molecule has 0 saturated heterocycles. The third-order valence-electron chi connectivity index (χ3n) is 2.67. The first-order valence-electron chi connectivity index (χ1n) is 5.70. The van der Waals surface area contributed by atoms with Crippen LogP contribution in [0, 0.1) is 12.7 Å². The van der Waals surface area contributed by atoms with E-state index in [-0.39, 0.29) is 17.2 Å². The molecule has 5 nitrogen and oxygen atoms in total. The fourth-order valence-corrected chi connectivity index (χ4v) is 1.69. The minimum absolute atomic E-state index is 0.0197. The summed E-state index contributed by atoms with van der Waals surface area (Å²) in [7, 11) is 1.61. The number of aromatic nitrogens is 1. The van der Waals surface area contributed by atoms with E-state index in [9.17, 15) is 9.18 Å². The molecule has 0 unspecified atom stereocenters. The highest BCUT2D eigenvalue weighted by atomic mass is 19.1. The van der Waals surface area contributed by atoms with Gasteiger partial charge in [0.15, 0.2) is 0 Å². The molecule has 0 saturated carbocycles. The molecule has 2 aromatic rings. The molecule has 0 aliphatic heterocycles. The van der Waals surface area contributed by atoms with Crippen LogP contribution in [-0.4, -0.2) is 23.0 Å². The first kappa shape index (κ1) is 13.1. The highest BCUT2D eigenvalue weighted by Gasteiger charge is 2.15. The Morgan fingerprint density at radius 1 is 1.47 bits per heavy atom. The first-order chi connectivity index (χ1) is 8.97. The van der Waals surface area contributed by atoms with E-state index in [2.05, 4.69) is 5.16 Å². The maximum atomic E-state index is 13.3. The van der Waals surface area contributed by atoms with Gasteiger partial charge in [-0.25, -0.2) is 4.39 Å². The van der Waals surface area contributed by atoms with Crippen molar-refractivity contribution in [3.8, 4) is 0 Å². The van der Waals surface area contributed by atoms with Gasteiger partial charge < -0.3 is 15.2 Å². The number of carbonyl (C=O) groups is 1. The van der Waals surface area contributed by atoms with Crippen molar-refractivity contribution < 1.29 is 13.7 Å². The first-order valence-corrected chi connectivity index (χ1v) is 5.70. The lowest BCUT2D eigenvalue weighted by Gasteiger charge is -2.15. The summed E-state index contributed by atoms with van der Waals surface area (Å²) in [6.07, 6.45) is 0. The molecule has 2 N–H and O–H groups in total. The molecule has 1 amide bonds. The fourth-order valence-electron chi connectivity index (χ4n) is 1.69. The standard InChI is InChI=1S/C13H14FN3O2/c1-8-5-10(16-19-8)7-17(2)13(18)9-3-4-12(15)11(14)6-9/h3-6H,7,15H2,1-2H3. The second-order valence-electron chi connectivity index (χ2n) is 4.33. The summed E-state index contributed by atoms with van der Waals surface area (Å²) in [5.41, 5.74) is 6.28. The lowest BCUT2D eigenvalue weighted by atomic mass is 10.1. The maximum Gasteiger partial charge on any atom is 0.254 e. The van der Waals surface area contributed by atoms with Crippen LogP contribution >= 0.6 is 0 Å². The minimum atomic E-state index is -0.600. The lowest BCUT2D eigenvalue weighted by molar-refractivity contribution is 0.0781. The van der Waals surface area contributed by atoms with Crippen molar-refractivity contribution in [2.45, 2.75) is 13.5 Å². The SMILES string of the molecule is Cc1cc(CN(C)C(=O)c2ccc(N)c(F)c2)no1. The van der Waals surface area contributed by atoms with Crippen LogP contribution in [0.25, 0.3) is 0 Å². The highest BCUT2D eigenvalue weighted by molar-refractivity contribution is 5.94. The number of aryl methyl sites for hydroxylation is 1. The molecule has 1 aromatic carbocycles. The van der Waals surface area contributed by atoms with Crippen molar-refractivity contribution in [3.63, 3.8) is 0 Å². The Morgan fingerprint density at radius 3 is 2.79 bits per heavy atom. The van der Waals surface area contributed by atoms with Crippen LogP contribution in [-0.2, 0) is 6.54 Å². The zero-order valence-corrected chi connectivity index (χ0v) is 10.7. The van der Waals surface area contributed by atoms with Gasteiger partial charge in [0, 0.05) is 18.7 Å². The number of nitrogens with two attached hydrogens (primary N) is 1. The van der Waals surface area contributed by atoms with E-state index in [1.54, 1.807) is 20.0 Å². The molecule has 0 fully saturated rings. The molecule has 19 heavy (non-hydrogen) atoms. The van der Waals surface area contributed by atoms with E-state index in [0.717, 1.165) is 6.07 Å². The number of amides is 1. The second-order valence-corrected chi connectivity index (χ2v) is 4.33. The maximum absolute atomic E-state index is 13.3. The summed E-state index contributed by atoms with van der Waals surface area (Å²) in [5.74, 6) is -0.231. The minimum Gasteiger partial charge on any atom is -0.396 e. The Morgan fingerprint density at radius 2 is 2.21 bits per heavy atom. The highest BCUT2D eigenvalue weighted by Crippen LogP contribution is 2.14. The van der Waals surface area contributed by atoms with Crippen molar-refractivity contribution in [1.29, 1.82) is 0 Å². The molecule has 0 radical (unpaired) electrons. The summed E-state index contributed by atoms with van der Waals surface area (Å²) in [6.45, 7) is 2.07. The summed E-state index contributed by atoms with van der Waals surface area (Å²) in [5, 5.41) is 3.80. The number of hydrogen-bond acceptors (Lipinski definition) is 4. The molecule has 0 aliphatic rings. The molecule has 0 bridgehead atoms. The van der Waals surface area contributed by atoms with Crippen LogP contribution in [0.4, 0.5) is 10.1 Å². The van der Waals surface area contributed by atoms with Gasteiger partial charge in [-0.05, 0) is 25.1 Å². The Hall–Kier alpha value is -2.37. The molecular weight excluding hydrogens is 249 g/mol. The normalized spacial score (nSPS) is 10.5. The summed E-state index contributed by atoms with van der Waals surface area (Å²) in [4.78, 5) is 13.5. The van der Waals surface area contributed by atoms with E-state index in [0.29, 0.717) is 18.0 Å². The summed E-state index contributed by atoms with van der Waals surface area (Å²) >= 11 is 0. The van der Waals surface area contributed by atoms with Crippen molar-refractivity contribution >= 4 is 11.6 Å². The predicted octanol–water partition coefficient (Wildman–Crippen LogP) is 1.98. The average Bonchev–Trinajstić information content (AvgIpc) is 2.77. The van der Waals surface area contributed by atoms with E-state index in [1.165, 1.54) is 17.0 Å². The predicted molar refractivity (Wildman–Crippen MR) is 67.8 cm³/mol. The van der Waals surface area contributed by atoms with E-state index < -0.39 is 5.82 Å². The van der Waals surface area contributed by atoms with Crippen LogP contribution in [0.15, 0.2) is 28.8 Å². The monoisotopic (exact) mass is 263 g/mol. The van der Waals surface area contributed by atoms with Gasteiger partial charge in [-0.3, -0.25) is 4.79 Å². The van der Waals surface area contributed by atoms with E-state index in [1.807, 2.05) is 0 Å². The smallest absolute Gasteiger partial charge is 0.254 e. The third-order valence-corrected chi connectivity index (χ3v) is 2.67. The molecule has 2 rings (SSSR count). The Kier molecular flexibility index (Phi) is 3.50. The lowest BCUT2D eigenvalue weighted by Crippen LogP contribution is -2.26. The number of halogens is 1.